The van der Waals surface area contributed by atoms with Crippen LogP contribution in [0, 0.1) is 19.7 Å². The highest BCUT2D eigenvalue weighted by atomic mass is 19.1. The highest BCUT2D eigenvalue weighted by Crippen LogP contribution is 2.34. The fraction of sp³-hybridized carbons (Fsp3) is 0.375. The Labute approximate surface area is 171 Å². The summed E-state index contributed by atoms with van der Waals surface area (Å²) in [5, 5.41) is 0.662. The molecule has 0 aliphatic carbocycles. The highest BCUT2D eigenvalue weighted by molar-refractivity contribution is 5.90. The van der Waals surface area contributed by atoms with E-state index in [4.69, 9.17) is 9.47 Å². The zero-order valence-electron chi connectivity index (χ0n) is 17.2. The summed E-state index contributed by atoms with van der Waals surface area (Å²) in [6, 6.07) is 13.3. The fourth-order valence-corrected chi connectivity index (χ4v) is 4.00. The third-order valence-electron chi connectivity index (χ3n) is 5.64. The van der Waals surface area contributed by atoms with E-state index < -0.39 is 0 Å². The number of ether oxygens (including phenoxy) is 2. The molecular weight excluding hydrogens is 367 g/mol. The third-order valence-corrected chi connectivity index (χ3v) is 5.64. The van der Waals surface area contributed by atoms with Crippen molar-refractivity contribution in [3.05, 3.63) is 65.1 Å². The van der Waals surface area contributed by atoms with E-state index >= 15 is 0 Å². The van der Waals surface area contributed by atoms with Crippen molar-refractivity contribution in [3.8, 4) is 11.5 Å². The standard InChI is InChI=1S/C24H27FN2O2/c1-16-6-4-5-7-18(16)15-27-10-8-20(9-11-27)29-22-12-17(2)26-24-21(22)13-19(25)14-23(24)28-3/h4-7,12-14,20H,8-11,15H2,1-3H3. The largest absolute Gasteiger partial charge is 0.494 e. The second kappa shape index (κ2) is 8.37. The number of rotatable bonds is 5. The van der Waals surface area contributed by atoms with Crippen molar-refractivity contribution in [2.75, 3.05) is 20.2 Å². The Hall–Kier alpha value is -2.66. The highest BCUT2D eigenvalue weighted by Gasteiger charge is 2.22. The lowest BCUT2D eigenvalue weighted by Crippen LogP contribution is -2.38. The van der Waals surface area contributed by atoms with E-state index in [1.165, 1.54) is 30.4 Å². The molecule has 0 atom stereocenters. The van der Waals surface area contributed by atoms with Crippen LogP contribution in [-0.2, 0) is 6.54 Å². The molecule has 2 aromatic carbocycles. The number of fused-ring (bicyclic) bond motifs is 1. The van der Waals surface area contributed by atoms with E-state index in [9.17, 15) is 4.39 Å². The zero-order chi connectivity index (χ0) is 20.4. The summed E-state index contributed by atoms with van der Waals surface area (Å²) >= 11 is 0. The minimum atomic E-state index is -0.349. The van der Waals surface area contributed by atoms with Crippen molar-refractivity contribution < 1.29 is 13.9 Å². The maximum Gasteiger partial charge on any atom is 0.148 e. The number of benzene rings is 2. The number of aromatic nitrogens is 1. The van der Waals surface area contributed by atoms with E-state index in [0.29, 0.717) is 22.4 Å². The van der Waals surface area contributed by atoms with Crippen LogP contribution in [0.15, 0.2) is 42.5 Å². The molecule has 0 bridgehead atoms. The molecule has 1 aliphatic heterocycles. The molecule has 4 nitrogen and oxygen atoms in total. The molecule has 0 unspecified atom stereocenters. The molecule has 152 valence electrons. The fourth-order valence-electron chi connectivity index (χ4n) is 4.00. The van der Waals surface area contributed by atoms with Crippen molar-refractivity contribution >= 4 is 10.9 Å². The average Bonchev–Trinajstić information content (AvgIpc) is 2.71. The number of pyridine rings is 1. The monoisotopic (exact) mass is 394 g/mol. The van der Waals surface area contributed by atoms with Crippen LogP contribution in [0.1, 0.15) is 29.7 Å². The summed E-state index contributed by atoms with van der Waals surface area (Å²) in [7, 11) is 1.53. The molecule has 1 fully saturated rings. The molecule has 5 heteroatoms. The molecule has 0 spiro atoms. The van der Waals surface area contributed by atoms with Gasteiger partial charge >= 0.3 is 0 Å². The molecule has 0 N–H and O–H groups in total. The lowest BCUT2D eigenvalue weighted by Gasteiger charge is -2.32. The minimum Gasteiger partial charge on any atom is -0.494 e. The Morgan fingerprint density at radius 3 is 2.55 bits per heavy atom. The SMILES string of the molecule is COc1cc(F)cc2c(OC3CCN(Cc4ccccc4C)CC3)cc(C)nc12. The van der Waals surface area contributed by atoms with Gasteiger partial charge in [0, 0.05) is 42.8 Å². The van der Waals surface area contributed by atoms with E-state index in [2.05, 4.69) is 41.1 Å². The molecule has 4 rings (SSSR count). The van der Waals surface area contributed by atoms with Crippen molar-refractivity contribution in [2.45, 2.75) is 39.3 Å². The van der Waals surface area contributed by atoms with Gasteiger partial charge in [-0.15, -0.1) is 0 Å². The van der Waals surface area contributed by atoms with E-state index in [-0.39, 0.29) is 11.9 Å². The first-order chi connectivity index (χ1) is 14.0. The van der Waals surface area contributed by atoms with Crippen LogP contribution in [0.25, 0.3) is 10.9 Å². The number of piperidine rings is 1. The van der Waals surface area contributed by atoms with Crippen LogP contribution < -0.4 is 9.47 Å². The summed E-state index contributed by atoms with van der Waals surface area (Å²) in [5.74, 6) is 0.766. The summed E-state index contributed by atoms with van der Waals surface area (Å²) in [6.07, 6.45) is 2.00. The number of halogens is 1. The number of methoxy groups -OCH3 is 1. The summed E-state index contributed by atoms with van der Waals surface area (Å²) < 4.78 is 25.7. The molecular formula is C24H27FN2O2. The number of aryl methyl sites for hydroxylation is 2. The van der Waals surface area contributed by atoms with Crippen molar-refractivity contribution in [1.29, 1.82) is 0 Å². The second-order valence-corrected chi connectivity index (χ2v) is 7.79. The Bertz CT molecular complexity index is 1010. The van der Waals surface area contributed by atoms with Gasteiger partial charge in [-0.3, -0.25) is 4.90 Å². The maximum absolute atomic E-state index is 14.1. The lowest BCUT2D eigenvalue weighted by atomic mass is 10.0. The van der Waals surface area contributed by atoms with E-state index in [0.717, 1.165) is 38.2 Å². The van der Waals surface area contributed by atoms with E-state index in [1.54, 1.807) is 0 Å². The van der Waals surface area contributed by atoms with Crippen LogP contribution in [0.2, 0.25) is 0 Å². The smallest absolute Gasteiger partial charge is 0.148 e. The Morgan fingerprint density at radius 2 is 1.83 bits per heavy atom. The van der Waals surface area contributed by atoms with Gasteiger partial charge in [0.15, 0.2) is 0 Å². The first-order valence-corrected chi connectivity index (χ1v) is 10.1. The Balaban J connectivity index is 1.47. The van der Waals surface area contributed by atoms with Crippen molar-refractivity contribution in [2.24, 2.45) is 0 Å². The van der Waals surface area contributed by atoms with Gasteiger partial charge in [0.05, 0.1) is 7.11 Å². The van der Waals surface area contributed by atoms with Crippen LogP contribution >= 0.6 is 0 Å². The average molecular weight is 394 g/mol. The molecule has 2 heterocycles. The number of hydrogen-bond donors (Lipinski definition) is 0. The summed E-state index contributed by atoms with van der Waals surface area (Å²) in [5.41, 5.74) is 4.18. The Morgan fingerprint density at radius 1 is 1.07 bits per heavy atom. The van der Waals surface area contributed by atoms with Gasteiger partial charge < -0.3 is 9.47 Å². The molecule has 0 amide bonds. The minimum absolute atomic E-state index is 0.113. The van der Waals surface area contributed by atoms with Gasteiger partial charge in [-0.05, 0) is 43.9 Å². The quantitative estimate of drug-likeness (QED) is 0.607. The molecule has 29 heavy (non-hydrogen) atoms. The van der Waals surface area contributed by atoms with Gasteiger partial charge in [-0.25, -0.2) is 9.37 Å². The normalized spacial score (nSPS) is 15.6. The van der Waals surface area contributed by atoms with Gasteiger partial charge in [-0.2, -0.15) is 0 Å². The topological polar surface area (TPSA) is 34.6 Å². The predicted molar refractivity (Wildman–Crippen MR) is 113 cm³/mol. The number of likely N-dealkylation sites (tertiary alicyclic amines) is 1. The van der Waals surface area contributed by atoms with Crippen LogP contribution in [0.5, 0.6) is 11.5 Å². The predicted octanol–water partition coefficient (Wildman–Crippen LogP) is 5.04. The first-order valence-electron chi connectivity index (χ1n) is 10.1. The lowest BCUT2D eigenvalue weighted by molar-refractivity contribution is 0.0978. The third kappa shape index (κ3) is 4.35. The summed E-state index contributed by atoms with van der Waals surface area (Å²) in [6.45, 7) is 7.02. The van der Waals surface area contributed by atoms with Gasteiger partial charge in [-0.1, -0.05) is 24.3 Å². The molecule has 1 aliphatic rings. The molecule has 0 radical (unpaired) electrons. The molecule has 0 saturated carbocycles. The van der Waals surface area contributed by atoms with Crippen LogP contribution in [-0.4, -0.2) is 36.2 Å². The van der Waals surface area contributed by atoms with Crippen molar-refractivity contribution in [1.82, 2.24) is 9.88 Å². The van der Waals surface area contributed by atoms with Gasteiger partial charge in [0.2, 0.25) is 0 Å². The number of hydrogen-bond acceptors (Lipinski definition) is 4. The van der Waals surface area contributed by atoms with Crippen LogP contribution in [0.3, 0.4) is 0 Å². The molecule has 3 aromatic rings. The number of nitrogens with zero attached hydrogens (tertiary/aromatic N) is 2. The maximum atomic E-state index is 14.1. The van der Waals surface area contributed by atoms with Gasteiger partial charge in [0.1, 0.15) is 28.9 Å². The van der Waals surface area contributed by atoms with E-state index in [1.807, 2.05) is 13.0 Å². The van der Waals surface area contributed by atoms with Crippen LogP contribution in [0.4, 0.5) is 4.39 Å². The summed E-state index contributed by atoms with van der Waals surface area (Å²) in [4.78, 5) is 7.00. The van der Waals surface area contributed by atoms with Gasteiger partial charge in [0.25, 0.3) is 0 Å². The first kappa shape index (κ1) is 19.6. The zero-order valence-corrected chi connectivity index (χ0v) is 17.2. The Kier molecular flexibility index (Phi) is 5.67. The second-order valence-electron chi connectivity index (χ2n) is 7.79. The molecule has 1 saturated heterocycles. The van der Waals surface area contributed by atoms with Crippen molar-refractivity contribution in [3.63, 3.8) is 0 Å². The molecule has 1 aromatic heterocycles.